The van der Waals surface area contributed by atoms with Crippen molar-refractivity contribution in [2.24, 2.45) is 4.99 Å². The number of aliphatic imine (C=N–C) groups is 1. The lowest BCUT2D eigenvalue weighted by Gasteiger charge is -1.89. The molecule has 1 N–H and O–H groups in total. The first-order chi connectivity index (χ1) is 6.24. The van der Waals surface area contributed by atoms with E-state index in [2.05, 4.69) is 10.3 Å². The van der Waals surface area contributed by atoms with Crippen LogP contribution in [0.1, 0.15) is 5.56 Å². The van der Waals surface area contributed by atoms with Gasteiger partial charge in [-0.15, -0.1) is 0 Å². The van der Waals surface area contributed by atoms with Crippen LogP contribution in [-0.2, 0) is 4.79 Å². The van der Waals surface area contributed by atoms with Crippen LogP contribution in [0.4, 0.5) is 5.69 Å². The van der Waals surface area contributed by atoms with Crippen LogP contribution in [0.15, 0.2) is 29.3 Å². The number of nitrogens with zero attached hydrogens (tertiary/aromatic N) is 1. The Labute approximate surface area is 78.5 Å². The number of hydrogen-bond donors (Lipinski definition) is 1. The first kappa shape index (κ1) is 11.6. The SMILES string of the molecule is CNC.Cc1ccc(N=C=O)cc1. The van der Waals surface area contributed by atoms with Gasteiger partial charge in [-0.3, -0.25) is 0 Å². The minimum Gasteiger partial charge on any atom is -0.323 e. The van der Waals surface area contributed by atoms with Crippen LogP contribution in [0.25, 0.3) is 0 Å². The quantitative estimate of drug-likeness (QED) is 0.526. The van der Waals surface area contributed by atoms with E-state index >= 15 is 0 Å². The molecule has 0 bridgehead atoms. The highest BCUT2D eigenvalue weighted by molar-refractivity contribution is 5.48. The normalized spacial score (nSPS) is 7.92. The van der Waals surface area contributed by atoms with Gasteiger partial charge in [0.25, 0.3) is 0 Å². The maximum Gasteiger partial charge on any atom is 0.240 e. The van der Waals surface area contributed by atoms with Gasteiger partial charge in [-0.1, -0.05) is 17.7 Å². The molecule has 70 valence electrons. The van der Waals surface area contributed by atoms with Crippen molar-refractivity contribution in [1.82, 2.24) is 5.32 Å². The molecular formula is C10H14N2O. The van der Waals surface area contributed by atoms with Crippen molar-refractivity contribution in [3.8, 4) is 0 Å². The summed E-state index contributed by atoms with van der Waals surface area (Å²) in [6, 6.07) is 7.35. The second kappa shape index (κ2) is 7.22. The van der Waals surface area contributed by atoms with Crippen LogP contribution < -0.4 is 5.32 Å². The van der Waals surface area contributed by atoms with E-state index in [0.29, 0.717) is 5.69 Å². The Kier molecular flexibility index (Phi) is 6.42. The minimum atomic E-state index is 0.653. The molecule has 0 heterocycles. The van der Waals surface area contributed by atoms with Gasteiger partial charge in [0.1, 0.15) is 0 Å². The summed E-state index contributed by atoms with van der Waals surface area (Å²) in [5, 5.41) is 2.75. The molecule has 13 heavy (non-hydrogen) atoms. The summed E-state index contributed by atoms with van der Waals surface area (Å²) in [6.07, 6.45) is 1.48. The molecule has 3 heteroatoms. The standard InChI is InChI=1S/C8H7NO.C2H7N/c1-7-2-4-8(5-3-7)9-6-10;1-3-2/h2-5H,1H3;3H,1-2H3. The van der Waals surface area contributed by atoms with Crippen LogP contribution >= 0.6 is 0 Å². The van der Waals surface area contributed by atoms with E-state index in [-0.39, 0.29) is 0 Å². The Morgan fingerprint density at radius 3 is 2.08 bits per heavy atom. The number of aryl methyl sites for hydroxylation is 1. The second-order valence-corrected chi connectivity index (χ2v) is 2.54. The molecule has 0 radical (unpaired) electrons. The molecule has 0 atom stereocenters. The second-order valence-electron chi connectivity index (χ2n) is 2.54. The molecule has 1 aromatic carbocycles. The molecule has 0 saturated carbocycles. The van der Waals surface area contributed by atoms with E-state index in [1.165, 1.54) is 6.08 Å². The first-order valence-electron chi connectivity index (χ1n) is 3.97. The fourth-order valence-corrected chi connectivity index (χ4v) is 0.672. The molecule has 0 fully saturated rings. The van der Waals surface area contributed by atoms with Gasteiger partial charge < -0.3 is 5.32 Å². The Balaban J connectivity index is 0.000000424. The van der Waals surface area contributed by atoms with Crippen molar-refractivity contribution in [1.29, 1.82) is 0 Å². The number of nitrogens with one attached hydrogen (secondary N) is 1. The molecule has 1 aromatic rings. The van der Waals surface area contributed by atoms with Gasteiger partial charge in [0, 0.05) is 0 Å². The Morgan fingerprint density at radius 1 is 1.23 bits per heavy atom. The van der Waals surface area contributed by atoms with Crippen molar-refractivity contribution in [2.75, 3.05) is 14.1 Å². The van der Waals surface area contributed by atoms with Gasteiger partial charge in [-0.05, 0) is 33.2 Å². The molecule has 0 spiro atoms. The minimum absolute atomic E-state index is 0.653. The lowest BCUT2D eigenvalue weighted by Crippen LogP contribution is -1.89. The summed E-state index contributed by atoms with van der Waals surface area (Å²) < 4.78 is 0. The highest BCUT2D eigenvalue weighted by Crippen LogP contribution is 2.10. The van der Waals surface area contributed by atoms with E-state index < -0.39 is 0 Å². The number of isocyanates is 1. The van der Waals surface area contributed by atoms with Gasteiger partial charge in [-0.25, -0.2) is 4.79 Å². The molecule has 1 rings (SSSR count). The van der Waals surface area contributed by atoms with Crippen molar-refractivity contribution in [3.05, 3.63) is 29.8 Å². The Morgan fingerprint density at radius 2 is 1.69 bits per heavy atom. The van der Waals surface area contributed by atoms with E-state index in [9.17, 15) is 4.79 Å². The molecular weight excluding hydrogens is 164 g/mol. The molecule has 3 nitrogen and oxygen atoms in total. The molecule has 0 aromatic heterocycles. The Hall–Kier alpha value is -1.44. The molecule has 0 amide bonds. The predicted octanol–water partition coefficient (Wildman–Crippen LogP) is 1.80. The van der Waals surface area contributed by atoms with Crippen molar-refractivity contribution >= 4 is 11.8 Å². The summed E-state index contributed by atoms with van der Waals surface area (Å²) in [7, 11) is 3.75. The summed E-state index contributed by atoms with van der Waals surface area (Å²) in [5.41, 5.74) is 1.81. The fraction of sp³-hybridized carbons (Fsp3) is 0.300. The number of rotatable bonds is 1. The fourth-order valence-electron chi connectivity index (χ4n) is 0.672. The average Bonchev–Trinajstić information content (AvgIpc) is 2.11. The van der Waals surface area contributed by atoms with Gasteiger partial charge in [0.15, 0.2) is 0 Å². The van der Waals surface area contributed by atoms with Crippen LogP contribution in [-0.4, -0.2) is 20.2 Å². The van der Waals surface area contributed by atoms with Crippen LogP contribution in [0.2, 0.25) is 0 Å². The number of benzene rings is 1. The average molecular weight is 178 g/mol. The smallest absolute Gasteiger partial charge is 0.240 e. The summed E-state index contributed by atoms with van der Waals surface area (Å²) in [4.78, 5) is 13.2. The molecule has 0 aliphatic heterocycles. The summed E-state index contributed by atoms with van der Waals surface area (Å²) in [6.45, 7) is 1.98. The zero-order valence-corrected chi connectivity index (χ0v) is 8.16. The van der Waals surface area contributed by atoms with Gasteiger partial charge >= 0.3 is 0 Å². The summed E-state index contributed by atoms with van der Waals surface area (Å²) >= 11 is 0. The van der Waals surface area contributed by atoms with Crippen molar-refractivity contribution < 1.29 is 4.79 Å². The largest absolute Gasteiger partial charge is 0.323 e. The maximum atomic E-state index is 9.77. The van der Waals surface area contributed by atoms with E-state index in [0.717, 1.165) is 5.56 Å². The van der Waals surface area contributed by atoms with Gasteiger partial charge in [-0.2, -0.15) is 4.99 Å². The van der Waals surface area contributed by atoms with Crippen molar-refractivity contribution in [3.63, 3.8) is 0 Å². The third kappa shape index (κ3) is 5.79. The van der Waals surface area contributed by atoms with Crippen LogP contribution in [0, 0.1) is 6.92 Å². The van der Waals surface area contributed by atoms with Crippen LogP contribution in [0.3, 0.4) is 0 Å². The van der Waals surface area contributed by atoms with E-state index in [1.807, 2.05) is 33.2 Å². The lowest BCUT2D eigenvalue weighted by molar-refractivity contribution is 0.565. The first-order valence-corrected chi connectivity index (χ1v) is 3.97. The maximum absolute atomic E-state index is 9.77. The number of hydrogen-bond acceptors (Lipinski definition) is 3. The zero-order chi connectivity index (χ0) is 10.1. The van der Waals surface area contributed by atoms with E-state index in [4.69, 9.17) is 0 Å². The highest BCUT2D eigenvalue weighted by Gasteiger charge is 1.85. The molecule has 0 saturated heterocycles. The molecule has 0 aliphatic carbocycles. The van der Waals surface area contributed by atoms with Crippen molar-refractivity contribution in [2.45, 2.75) is 6.92 Å². The zero-order valence-electron chi connectivity index (χ0n) is 8.16. The van der Waals surface area contributed by atoms with Gasteiger partial charge in [0.2, 0.25) is 6.08 Å². The predicted molar refractivity (Wildman–Crippen MR) is 53.9 cm³/mol. The third-order valence-electron chi connectivity index (χ3n) is 1.21. The number of carbonyl (C=O) groups excluding carboxylic acids is 1. The Bertz CT molecular complexity index is 273. The van der Waals surface area contributed by atoms with Crippen LogP contribution in [0.5, 0.6) is 0 Å². The monoisotopic (exact) mass is 178 g/mol. The third-order valence-corrected chi connectivity index (χ3v) is 1.21. The lowest BCUT2D eigenvalue weighted by atomic mass is 10.2. The molecule has 0 aliphatic rings. The van der Waals surface area contributed by atoms with Gasteiger partial charge in [0.05, 0.1) is 5.69 Å². The molecule has 0 unspecified atom stereocenters. The highest BCUT2D eigenvalue weighted by atomic mass is 16.1. The topological polar surface area (TPSA) is 41.5 Å². The summed E-state index contributed by atoms with van der Waals surface area (Å²) in [5.74, 6) is 0. The van der Waals surface area contributed by atoms with E-state index in [1.54, 1.807) is 12.1 Å².